The number of benzene rings is 2. The van der Waals surface area contributed by atoms with Crippen LogP contribution >= 0.6 is 34.7 Å². The van der Waals surface area contributed by atoms with Crippen molar-refractivity contribution >= 4 is 45.8 Å². The van der Waals surface area contributed by atoms with E-state index in [1.54, 1.807) is 0 Å². The number of carbonyl (C=O) groups is 1. The molecule has 0 radical (unpaired) electrons. The first-order chi connectivity index (χ1) is 14.6. The summed E-state index contributed by atoms with van der Waals surface area (Å²) in [5.41, 5.74) is 1.96. The van der Waals surface area contributed by atoms with Gasteiger partial charge in [-0.25, -0.2) is 4.98 Å². The molecule has 1 atom stereocenters. The summed E-state index contributed by atoms with van der Waals surface area (Å²) in [6.45, 7) is 2.89. The van der Waals surface area contributed by atoms with Crippen molar-refractivity contribution in [2.45, 2.75) is 18.2 Å². The summed E-state index contributed by atoms with van der Waals surface area (Å²) < 4.78 is 4.52. The molecule has 0 aliphatic carbocycles. The minimum atomic E-state index is -0.648. The van der Waals surface area contributed by atoms with Crippen molar-refractivity contribution in [3.8, 4) is 0 Å². The van der Waals surface area contributed by atoms with Crippen LogP contribution in [0.15, 0.2) is 54.6 Å². The van der Waals surface area contributed by atoms with E-state index in [2.05, 4.69) is 9.27 Å². The van der Waals surface area contributed by atoms with E-state index in [0.29, 0.717) is 19.5 Å². The van der Waals surface area contributed by atoms with Gasteiger partial charge in [-0.15, -0.1) is 11.6 Å². The highest BCUT2D eigenvalue weighted by Crippen LogP contribution is 2.25. The van der Waals surface area contributed by atoms with Gasteiger partial charge in [0.2, 0.25) is 11.0 Å². The number of hydrogen-bond acceptors (Lipinski definition) is 5. The van der Waals surface area contributed by atoms with Crippen LogP contribution in [0.3, 0.4) is 0 Å². The van der Waals surface area contributed by atoms with Crippen LogP contribution in [0.4, 0.5) is 5.13 Å². The number of anilines is 1. The summed E-state index contributed by atoms with van der Waals surface area (Å²) in [7, 11) is 0. The fourth-order valence-electron chi connectivity index (χ4n) is 3.48. The number of carbonyl (C=O) groups excluding carboxylic acids is 1. The van der Waals surface area contributed by atoms with Gasteiger partial charge < -0.3 is 9.80 Å². The molecule has 1 unspecified atom stereocenters. The fourth-order valence-corrected chi connectivity index (χ4v) is 4.63. The lowest BCUT2D eigenvalue weighted by Crippen LogP contribution is -2.37. The van der Waals surface area contributed by atoms with Gasteiger partial charge in [0.15, 0.2) is 0 Å². The van der Waals surface area contributed by atoms with Crippen molar-refractivity contribution in [1.82, 2.24) is 14.3 Å². The Bertz CT molecular complexity index is 980. The normalized spacial score (nSPS) is 15.7. The van der Waals surface area contributed by atoms with Crippen molar-refractivity contribution < 1.29 is 4.79 Å². The number of hydrogen-bond donors (Lipinski definition) is 0. The van der Waals surface area contributed by atoms with Crippen molar-refractivity contribution in [1.29, 1.82) is 0 Å². The molecule has 1 saturated heterocycles. The largest absolute Gasteiger partial charge is 0.345 e. The van der Waals surface area contributed by atoms with Gasteiger partial charge in [-0.1, -0.05) is 54.1 Å². The summed E-state index contributed by atoms with van der Waals surface area (Å²) in [6, 6.07) is 17.3. The standard InChI is InChI=1S/C22H22Cl2N4OS/c23-18-9-7-16(8-10-18)15-19-25-22(30-26-19)28-12-4-11-27(13-14-28)21(29)20(24)17-5-2-1-3-6-17/h1-3,5-10,20H,4,11-15H2. The minimum absolute atomic E-state index is 0.0367. The van der Waals surface area contributed by atoms with Crippen LogP contribution in [-0.2, 0) is 11.2 Å². The Hall–Kier alpha value is -2.15. The van der Waals surface area contributed by atoms with E-state index >= 15 is 0 Å². The van der Waals surface area contributed by atoms with Crippen molar-refractivity contribution in [2.75, 3.05) is 31.1 Å². The molecule has 5 nitrogen and oxygen atoms in total. The van der Waals surface area contributed by atoms with Crippen LogP contribution in [0.25, 0.3) is 0 Å². The molecule has 1 aliphatic heterocycles. The molecule has 0 saturated carbocycles. The van der Waals surface area contributed by atoms with Crippen LogP contribution in [-0.4, -0.2) is 46.3 Å². The van der Waals surface area contributed by atoms with E-state index < -0.39 is 5.38 Å². The van der Waals surface area contributed by atoms with Gasteiger partial charge in [-0.2, -0.15) is 4.37 Å². The Labute approximate surface area is 190 Å². The number of amides is 1. The van der Waals surface area contributed by atoms with Gasteiger partial charge in [-0.05, 0) is 29.7 Å². The predicted molar refractivity (Wildman–Crippen MR) is 123 cm³/mol. The van der Waals surface area contributed by atoms with E-state index in [1.807, 2.05) is 59.5 Å². The smallest absolute Gasteiger partial charge is 0.245 e. The maximum Gasteiger partial charge on any atom is 0.245 e. The molecule has 156 valence electrons. The second kappa shape index (κ2) is 9.77. The number of halogens is 2. The maximum atomic E-state index is 12.9. The average molecular weight is 461 g/mol. The van der Waals surface area contributed by atoms with Crippen molar-refractivity contribution in [2.24, 2.45) is 0 Å². The lowest BCUT2D eigenvalue weighted by atomic mass is 10.1. The second-order valence-electron chi connectivity index (χ2n) is 7.24. The van der Waals surface area contributed by atoms with Gasteiger partial charge >= 0.3 is 0 Å². The summed E-state index contributed by atoms with van der Waals surface area (Å²) >= 11 is 13.8. The third-order valence-electron chi connectivity index (χ3n) is 5.12. The lowest BCUT2D eigenvalue weighted by molar-refractivity contribution is -0.130. The Morgan fingerprint density at radius 2 is 1.80 bits per heavy atom. The number of alkyl halides is 1. The topological polar surface area (TPSA) is 49.3 Å². The molecule has 3 aromatic rings. The molecule has 2 aromatic carbocycles. The van der Waals surface area contributed by atoms with Crippen molar-refractivity contribution in [3.05, 3.63) is 76.6 Å². The van der Waals surface area contributed by atoms with Crippen LogP contribution in [0.2, 0.25) is 5.02 Å². The first-order valence-corrected chi connectivity index (χ1v) is 11.5. The molecule has 0 N–H and O–H groups in total. The highest BCUT2D eigenvalue weighted by molar-refractivity contribution is 7.09. The first-order valence-electron chi connectivity index (χ1n) is 9.90. The van der Waals surface area contributed by atoms with Gasteiger partial charge in [0.25, 0.3) is 0 Å². The molecular formula is C22H22Cl2N4OS. The van der Waals surface area contributed by atoms with E-state index in [9.17, 15) is 4.79 Å². The number of nitrogens with zero attached hydrogens (tertiary/aromatic N) is 4. The van der Waals surface area contributed by atoms with Crippen LogP contribution in [0, 0.1) is 0 Å². The summed E-state index contributed by atoms with van der Waals surface area (Å²) in [6.07, 6.45) is 1.55. The Morgan fingerprint density at radius 1 is 1.03 bits per heavy atom. The second-order valence-corrected chi connectivity index (χ2v) is 8.84. The molecule has 1 aliphatic rings. The molecule has 0 bridgehead atoms. The molecule has 1 amide bonds. The van der Waals surface area contributed by atoms with Crippen LogP contribution < -0.4 is 4.90 Å². The summed E-state index contributed by atoms with van der Waals surface area (Å²) in [5, 5.41) is 0.977. The quantitative estimate of drug-likeness (QED) is 0.513. The van der Waals surface area contributed by atoms with E-state index in [-0.39, 0.29) is 5.91 Å². The summed E-state index contributed by atoms with van der Waals surface area (Å²) in [5.74, 6) is 0.768. The average Bonchev–Trinajstić information content (AvgIpc) is 3.09. The Kier molecular flexibility index (Phi) is 6.87. The zero-order valence-electron chi connectivity index (χ0n) is 16.4. The molecule has 1 aromatic heterocycles. The molecule has 4 rings (SSSR count). The summed E-state index contributed by atoms with van der Waals surface area (Å²) in [4.78, 5) is 21.7. The van der Waals surface area contributed by atoms with Gasteiger partial charge in [0, 0.05) is 49.2 Å². The number of aromatic nitrogens is 2. The highest BCUT2D eigenvalue weighted by atomic mass is 35.5. The molecule has 0 spiro atoms. The Morgan fingerprint density at radius 3 is 2.57 bits per heavy atom. The van der Waals surface area contributed by atoms with Gasteiger partial charge in [0.1, 0.15) is 11.2 Å². The fraction of sp³-hybridized carbons (Fsp3) is 0.318. The molecular weight excluding hydrogens is 439 g/mol. The lowest BCUT2D eigenvalue weighted by Gasteiger charge is -2.23. The van der Waals surface area contributed by atoms with E-state index in [4.69, 9.17) is 28.2 Å². The highest BCUT2D eigenvalue weighted by Gasteiger charge is 2.26. The van der Waals surface area contributed by atoms with Gasteiger partial charge in [-0.3, -0.25) is 4.79 Å². The van der Waals surface area contributed by atoms with E-state index in [1.165, 1.54) is 11.5 Å². The zero-order valence-corrected chi connectivity index (χ0v) is 18.7. The zero-order chi connectivity index (χ0) is 20.9. The predicted octanol–water partition coefficient (Wildman–Crippen LogP) is 4.80. The third-order valence-corrected chi connectivity index (χ3v) is 6.63. The molecule has 1 fully saturated rings. The minimum Gasteiger partial charge on any atom is -0.345 e. The van der Waals surface area contributed by atoms with Crippen LogP contribution in [0.5, 0.6) is 0 Å². The SMILES string of the molecule is O=C(C(Cl)c1ccccc1)N1CCCN(c2nc(Cc3ccc(Cl)cc3)ns2)CC1. The molecule has 8 heteroatoms. The number of rotatable bonds is 5. The maximum absolute atomic E-state index is 12.9. The van der Waals surface area contributed by atoms with Crippen LogP contribution in [0.1, 0.15) is 28.7 Å². The third kappa shape index (κ3) is 5.12. The first kappa shape index (κ1) is 21.1. The van der Waals surface area contributed by atoms with Gasteiger partial charge in [0.05, 0.1) is 0 Å². The van der Waals surface area contributed by atoms with E-state index in [0.717, 1.165) is 46.6 Å². The van der Waals surface area contributed by atoms with Crippen molar-refractivity contribution in [3.63, 3.8) is 0 Å². The monoisotopic (exact) mass is 460 g/mol. The molecule has 30 heavy (non-hydrogen) atoms. The molecule has 2 heterocycles. The Balaban J connectivity index is 1.37.